The van der Waals surface area contributed by atoms with Crippen LogP contribution < -0.4 is 0 Å². The fourth-order valence-corrected chi connectivity index (χ4v) is 1.24. The predicted octanol–water partition coefficient (Wildman–Crippen LogP) is 2.38. The van der Waals surface area contributed by atoms with Crippen molar-refractivity contribution in [1.82, 2.24) is 4.90 Å². The van der Waals surface area contributed by atoms with Crippen LogP contribution in [0, 0.1) is 0 Å². The molecule has 13 heavy (non-hydrogen) atoms. The zero-order valence-electron chi connectivity index (χ0n) is 9.05. The minimum absolute atomic E-state index is 0.0740. The van der Waals surface area contributed by atoms with E-state index in [1.165, 1.54) is 0 Å². The molecule has 0 aromatic carbocycles. The Kier molecular flexibility index (Phi) is 5.12. The smallest absolute Gasteiger partial charge is 0.154 e. The highest BCUT2D eigenvalue weighted by atomic mass is 16.1. The summed E-state index contributed by atoms with van der Waals surface area (Å²) in [6, 6.07) is 0. The maximum absolute atomic E-state index is 11.0. The van der Waals surface area contributed by atoms with Gasteiger partial charge in [-0.05, 0) is 33.3 Å². The van der Waals surface area contributed by atoms with Crippen LogP contribution in [0.15, 0.2) is 23.9 Å². The van der Waals surface area contributed by atoms with E-state index in [0.29, 0.717) is 0 Å². The Labute approximate surface area is 80.9 Å². The van der Waals surface area contributed by atoms with Crippen molar-refractivity contribution in [2.45, 2.75) is 27.7 Å². The summed E-state index contributed by atoms with van der Waals surface area (Å²) in [7, 11) is 0. The van der Waals surface area contributed by atoms with Gasteiger partial charge in [-0.1, -0.05) is 6.58 Å². The molecule has 0 heterocycles. The van der Waals surface area contributed by atoms with Crippen molar-refractivity contribution in [2.24, 2.45) is 0 Å². The minimum atomic E-state index is 0.0740. The molecule has 0 aliphatic heterocycles. The first-order valence-corrected chi connectivity index (χ1v) is 4.66. The monoisotopic (exact) mass is 181 g/mol. The summed E-state index contributed by atoms with van der Waals surface area (Å²) in [5, 5.41) is 0. The van der Waals surface area contributed by atoms with Crippen LogP contribution in [0.4, 0.5) is 0 Å². The van der Waals surface area contributed by atoms with E-state index in [4.69, 9.17) is 0 Å². The molecule has 0 bridgehead atoms. The molecule has 0 radical (unpaired) electrons. The van der Waals surface area contributed by atoms with E-state index in [1.54, 1.807) is 13.0 Å². The molecule has 0 atom stereocenters. The Morgan fingerprint density at radius 2 is 1.77 bits per heavy atom. The van der Waals surface area contributed by atoms with E-state index >= 15 is 0 Å². The van der Waals surface area contributed by atoms with Gasteiger partial charge in [-0.3, -0.25) is 4.79 Å². The number of allylic oxidation sites excluding steroid dienone is 2. The fourth-order valence-electron chi connectivity index (χ4n) is 1.24. The van der Waals surface area contributed by atoms with Gasteiger partial charge in [0, 0.05) is 24.9 Å². The van der Waals surface area contributed by atoms with Crippen LogP contribution in [-0.2, 0) is 4.79 Å². The van der Waals surface area contributed by atoms with Gasteiger partial charge in [-0.25, -0.2) is 0 Å². The lowest BCUT2D eigenvalue weighted by Gasteiger charge is -2.24. The Morgan fingerprint density at radius 1 is 1.31 bits per heavy atom. The topological polar surface area (TPSA) is 20.3 Å². The van der Waals surface area contributed by atoms with Gasteiger partial charge in [0.15, 0.2) is 5.78 Å². The molecule has 0 aliphatic rings. The minimum Gasteiger partial charge on any atom is -0.372 e. The highest BCUT2D eigenvalue weighted by molar-refractivity contribution is 5.88. The molecule has 0 unspecified atom stereocenters. The molecule has 2 nitrogen and oxygen atoms in total. The van der Waals surface area contributed by atoms with Crippen LogP contribution in [0.1, 0.15) is 27.7 Å². The van der Waals surface area contributed by atoms with Crippen LogP contribution in [0.5, 0.6) is 0 Å². The lowest BCUT2D eigenvalue weighted by Crippen LogP contribution is -2.23. The highest BCUT2D eigenvalue weighted by Gasteiger charge is 2.06. The van der Waals surface area contributed by atoms with Crippen LogP contribution in [0.25, 0.3) is 0 Å². The maximum Gasteiger partial charge on any atom is 0.154 e. The van der Waals surface area contributed by atoms with Crippen molar-refractivity contribution in [3.05, 3.63) is 23.9 Å². The molecule has 0 aliphatic carbocycles. The van der Waals surface area contributed by atoms with Gasteiger partial charge in [0.05, 0.1) is 0 Å². The molecule has 0 amide bonds. The van der Waals surface area contributed by atoms with Gasteiger partial charge in [0.25, 0.3) is 0 Å². The number of ketones is 1. The van der Waals surface area contributed by atoms with Crippen LogP contribution >= 0.6 is 0 Å². The third kappa shape index (κ3) is 3.92. The molecular formula is C11H19NO. The van der Waals surface area contributed by atoms with Crippen molar-refractivity contribution < 1.29 is 4.79 Å². The maximum atomic E-state index is 11.0. The second kappa shape index (κ2) is 5.57. The third-order valence-electron chi connectivity index (χ3n) is 1.88. The number of nitrogens with zero attached hydrogens (tertiary/aromatic N) is 1. The van der Waals surface area contributed by atoms with Gasteiger partial charge in [-0.15, -0.1) is 0 Å². The predicted molar refractivity (Wildman–Crippen MR) is 56.5 cm³/mol. The Balaban J connectivity index is 4.78. The summed E-state index contributed by atoms with van der Waals surface area (Å²) in [6.07, 6.45) is 1.65. The van der Waals surface area contributed by atoms with Crippen molar-refractivity contribution in [2.75, 3.05) is 13.1 Å². The molecule has 0 aromatic heterocycles. The molecule has 0 fully saturated rings. The summed E-state index contributed by atoms with van der Waals surface area (Å²) in [4.78, 5) is 13.1. The molecule has 0 saturated heterocycles. The Bertz CT molecular complexity index is 224. The molecule has 0 N–H and O–H groups in total. The number of hydrogen-bond donors (Lipinski definition) is 0. The first kappa shape index (κ1) is 11.9. The number of carbonyl (C=O) groups excluding carboxylic acids is 1. The van der Waals surface area contributed by atoms with E-state index in [2.05, 4.69) is 25.3 Å². The number of rotatable bonds is 5. The standard InChI is InChI=1S/C11H19NO/c1-6-12(7-2)11(9(3)4)8-10(5)13/h8H,3,6-7H2,1-2,4-5H3. The molecular weight excluding hydrogens is 162 g/mol. The van der Waals surface area contributed by atoms with Gasteiger partial charge < -0.3 is 4.90 Å². The van der Waals surface area contributed by atoms with Crippen molar-refractivity contribution in [3.8, 4) is 0 Å². The highest BCUT2D eigenvalue weighted by Crippen LogP contribution is 2.12. The summed E-state index contributed by atoms with van der Waals surface area (Å²) in [6.45, 7) is 13.3. The van der Waals surface area contributed by atoms with Gasteiger partial charge in [0.2, 0.25) is 0 Å². The SMILES string of the molecule is C=C(C)C(=CC(C)=O)N(CC)CC. The van der Waals surface area contributed by atoms with E-state index in [1.807, 2.05) is 6.92 Å². The molecule has 2 heteroatoms. The number of hydrogen-bond acceptors (Lipinski definition) is 2. The van der Waals surface area contributed by atoms with Crippen molar-refractivity contribution in [1.29, 1.82) is 0 Å². The van der Waals surface area contributed by atoms with Crippen LogP contribution in [-0.4, -0.2) is 23.8 Å². The zero-order valence-corrected chi connectivity index (χ0v) is 9.05. The summed E-state index contributed by atoms with van der Waals surface area (Å²) in [5.74, 6) is 0.0740. The number of carbonyl (C=O) groups is 1. The Morgan fingerprint density at radius 3 is 2.00 bits per heavy atom. The molecule has 74 valence electrons. The average Bonchev–Trinajstić information content (AvgIpc) is 2.04. The molecule has 0 aromatic rings. The quantitative estimate of drug-likeness (QED) is 0.479. The van der Waals surface area contributed by atoms with Gasteiger partial charge in [-0.2, -0.15) is 0 Å². The van der Waals surface area contributed by atoms with Crippen molar-refractivity contribution in [3.63, 3.8) is 0 Å². The van der Waals surface area contributed by atoms with Crippen molar-refractivity contribution >= 4 is 5.78 Å². The normalized spacial score (nSPS) is 11.2. The summed E-state index contributed by atoms with van der Waals surface area (Å²) < 4.78 is 0. The van der Waals surface area contributed by atoms with E-state index < -0.39 is 0 Å². The second-order valence-corrected chi connectivity index (χ2v) is 3.09. The molecule has 0 rings (SSSR count). The largest absolute Gasteiger partial charge is 0.372 e. The lowest BCUT2D eigenvalue weighted by molar-refractivity contribution is -0.112. The van der Waals surface area contributed by atoms with E-state index in [9.17, 15) is 4.79 Å². The van der Waals surface area contributed by atoms with Gasteiger partial charge in [0.1, 0.15) is 0 Å². The van der Waals surface area contributed by atoms with Crippen LogP contribution in [0.2, 0.25) is 0 Å². The lowest BCUT2D eigenvalue weighted by atomic mass is 10.2. The molecule has 0 spiro atoms. The molecule has 0 saturated carbocycles. The second-order valence-electron chi connectivity index (χ2n) is 3.09. The van der Waals surface area contributed by atoms with Crippen LogP contribution in [0.3, 0.4) is 0 Å². The van der Waals surface area contributed by atoms with E-state index in [0.717, 1.165) is 24.4 Å². The fraction of sp³-hybridized carbons (Fsp3) is 0.545. The first-order chi connectivity index (χ1) is 6.02. The van der Waals surface area contributed by atoms with Gasteiger partial charge >= 0.3 is 0 Å². The zero-order chi connectivity index (χ0) is 10.4. The number of likely N-dealkylation sites (N-methyl/N-ethyl adjacent to an activating group) is 1. The third-order valence-corrected chi connectivity index (χ3v) is 1.88. The first-order valence-electron chi connectivity index (χ1n) is 4.66. The summed E-state index contributed by atoms with van der Waals surface area (Å²) in [5.41, 5.74) is 1.90. The van der Waals surface area contributed by atoms with E-state index in [-0.39, 0.29) is 5.78 Å². The Hall–Kier alpha value is -1.05. The summed E-state index contributed by atoms with van der Waals surface area (Å²) >= 11 is 0. The average molecular weight is 181 g/mol.